The number of thioether (sulfide) groups is 1. The van der Waals surface area contributed by atoms with E-state index in [0.717, 1.165) is 10.6 Å². The highest BCUT2D eigenvalue weighted by molar-refractivity contribution is 7.99. The number of nitrogens with two attached hydrogens (primary N) is 1. The fourth-order valence-corrected chi connectivity index (χ4v) is 6.31. The first-order chi connectivity index (χ1) is 12.2. The van der Waals surface area contributed by atoms with Gasteiger partial charge in [-0.15, -0.1) is 11.8 Å². The largest absolute Gasteiger partial charge is 0.366 e. The van der Waals surface area contributed by atoms with Crippen molar-refractivity contribution in [3.05, 3.63) is 45.9 Å². The molecule has 0 aromatic heterocycles. The predicted molar refractivity (Wildman–Crippen MR) is 107 cm³/mol. The Kier molecular flexibility index (Phi) is 4.16. The van der Waals surface area contributed by atoms with E-state index in [4.69, 9.17) is 23.2 Å². The molecule has 0 radical (unpaired) electrons. The van der Waals surface area contributed by atoms with Crippen molar-refractivity contribution in [2.45, 2.75) is 29.7 Å². The smallest absolute Gasteiger partial charge is 0.0845 e. The van der Waals surface area contributed by atoms with Crippen LogP contribution in [0, 0.1) is 0 Å². The Bertz CT molecular complexity index is 839. The first-order valence-electron chi connectivity index (χ1n) is 9.07. The molecule has 0 amide bonds. The van der Waals surface area contributed by atoms with E-state index in [0.29, 0.717) is 17.0 Å². The van der Waals surface area contributed by atoms with Crippen molar-refractivity contribution in [3.8, 4) is 11.1 Å². The summed E-state index contributed by atoms with van der Waals surface area (Å²) in [4.78, 5) is 4.15. The van der Waals surface area contributed by atoms with E-state index < -0.39 is 0 Å². The van der Waals surface area contributed by atoms with Gasteiger partial charge in [0.25, 0.3) is 0 Å². The average Bonchev–Trinajstić information content (AvgIpc) is 2.77. The second kappa shape index (κ2) is 6.38. The van der Waals surface area contributed by atoms with Gasteiger partial charge in [0, 0.05) is 39.5 Å². The lowest BCUT2D eigenvalue weighted by atomic mass is 9.88. The fraction of sp³-hybridized carbons (Fsp3) is 0.400. The number of halogens is 2. The SMILES string of the molecule is Clc1ccc(-c2cc3c4c(c2)C2C[NH2+]CCC2N4CCCS3)c(Cl)c1. The molecule has 0 saturated carbocycles. The van der Waals surface area contributed by atoms with Gasteiger partial charge in [-0.1, -0.05) is 29.3 Å². The Morgan fingerprint density at radius 2 is 2.08 bits per heavy atom. The Labute approximate surface area is 162 Å². The molecule has 3 aliphatic heterocycles. The van der Waals surface area contributed by atoms with Crippen LogP contribution in [0.5, 0.6) is 0 Å². The molecule has 2 N–H and O–H groups in total. The summed E-state index contributed by atoms with van der Waals surface area (Å²) in [5.41, 5.74) is 5.37. The summed E-state index contributed by atoms with van der Waals surface area (Å²) in [5, 5.41) is 3.91. The van der Waals surface area contributed by atoms with Gasteiger partial charge in [0.15, 0.2) is 0 Å². The van der Waals surface area contributed by atoms with Gasteiger partial charge >= 0.3 is 0 Å². The first-order valence-corrected chi connectivity index (χ1v) is 10.8. The topological polar surface area (TPSA) is 19.9 Å². The lowest BCUT2D eigenvalue weighted by Gasteiger charge is -2.32. The number of hydrogen-bond acceptors (Lipinski definition) is 2. The van der Waals surface area contributed by atoms with Crippen LogP contribution in [0.1, 0.15) is 24.3 Å². The van der Waals surface area contributed by atoms with Gasteiger partial charge in [-0.3, -0.25) is 0 Å². The fourth-order valence-electron chi connectivity index (χ4n) is 4.72. The quantitative estimate of drug-likeness (QED) is 0.777. The lowest BCUT2D eigenvalue weighted by molar-refractivity contribution is -0.665. The Balaban J connectivity index is 1.69. The van der Waals surface area contributed by atoms with Gasteiger partial charge in [-0.2, -0.15) is 0 Å². The number of fused-ring (bicyclic) bond motifs is 3. The number of quaternary nitrogens is 1. The summed E-state index contributed by atoms with van der Waals surface area (Å²) in [6.07, 6.45) is 2.56. The van der Waals surface area contributed by atoms with E-state index in [1.165, 1.54) is 59.9 Å². The van der Waals surface area contributed by atoms with Crippen molar-refractivity contribution in [3.63, 3.8) is 0 Å². The zero-order chi connectivity index (χ0) is 17.0. The molecule has 3 heterocycles. The molecule has 0 aliphatic carbocycles. The van der Waals surface area contributed by atoms with Crippen LogP contribution in [0.2, 0.25) is 10.0 Å². The van der Waals surface area contributed by atoms with Crippen molar-refractivity contribution in [2.75, 3.05) is 30.3 Å². The number of piperidine rings is 1. The molecule has 25 heavy (non-hydrogen) atoms. The monoisotopic (exact) mass is 391 g/mol. The van der Waals surface area contributed by atoms with Crippen molar-refractivity contribution in [2.24, 2.45) is 0 Å². The van der Waals surface area contributed by atoms with Gasteiger partial charge in [-0.25, -0.2) is 0 Å². The molecule has 1 saturated heterocycles. The van der Waals surface area contributed by atoms with E-state index in [1.807, 2.05) is 23.9 Å². The van der Waals surface area contributed by atoms with E-state index >= 15 is 0 Å². The maximum absolute atomic E-state index is 6.51. The van der Waals surface area contributed by atoms with E-state index in [9.17, 15) is 0 Å². The zero-order valence-corrected chi connectivity index (χ0v) is 16.3. The highest BCUT2D eigenvalue weighted by Gasteiger charge is 2.43. The maximum Gasteiger partial charge on any atom is 0.0845 e. The van der Waals surface area contributed by atoms with Crippen molar-refractivity contribution in [1.82, 2.24) is 0 Å². The molecule has 2 nitrogen and oxygen atoms in total. The number of nitrogens with zero attached hydrogens (tertiary/aromatic N) is 1. The second-order valence-electron chi connectivity index (χ2n) is 7.21. The summed E-state index contributed by atoms with van der Waals surface area (Å²) in [7, 11) is 0. The van der Waals surface area contributed by atoms with Gasteiger partial charge in [0.2, 0.25) is 0 Å². The molecule has 5 heteroatoms. The van der Waals surface area contributed by atoms with Crippen LogP contribution in [-0.2, 0) is 0 Å². The summed E-state index contributed by atoms with van der Waals surface area (Å²) in [6, 6.07) is 11.3. The van der Waals surface area contributed by atoms with Crippen LogP contribution in [0.25, 0.3) is 11.1 Å². The van der Waals surface area contributed by atoms with Crippen LogP contribution in [-0.4, -0.2) is 31.4 Å². The molecule has 1 fully saturated rings. The number of rotatable bonds is 1. The lowest BCUT2D eigenvalue weighted by Crippen LogP contribution is -2.88. The first kappa shape index (κ1) is 16.3. The molecule has 0 bridgehead atoms. The maximum atomic E-state index is 6.51. The minimum atomic E-state index is 0.646. The third-order valence-corrected chi connectivity index (χ3v) is 7.45. The number of benzene rings is 2. The standard InChI is InChI=1S/C20H20Cl2N2S/c21-13-2-3-14(17(22)10-13)12-8-15-16-11-23-5-4-18(16)24-6-1-7-25-19(9-12)20(15)24/h2-3,8-10,16,18,23H,1,4-7,11H2/p+1. The third kappa shape index (κ3) is 2.68. The minimum absolute atomic E-state index is 0.646. The molecule has 130 valence electrons. The van der Waals surface area contributed by atoms with Crippen LogP contribution in [0.15, 0.2) is 35.2 Å². The van der Waals surface area contributed by atoms with E-state index in [2.05, 4.69) is 28.4 Å². The van der Waals surface area contributed by atoms with Crippen molar-refractivity contribution < 1.29 is 5.32 Å². The molecular weight excluding hydrogens is 371 g/mol. The normalized spacial score (nSPS) is 24.6. The van der Waals surface area contributed by atoms with E-state index in [1.54, 1.807) is 0 Å². The van der Waals surface area contributed by atoms with Crippen LogP contribution in [0.3, 0.4) is 0 Å². The Morgan fingerprint density at radius 3 is 2.96 bits per heavy atom. The van der Waals surface area contributed by atoms with Crippen LogP contribution >= 0.6 is 35.0 Å². The third-order valence-electron chi connectivity index (χ3n) is 5.79. The number of anilines is 1. The molecule has 3 aliphatic rings. The van der Waals surface area contributed by atoms with Crippen molar-refractivity contribution >= 4 is 40.7 Å². The van der Waals surface area contributed by atoms with Crippen LogP contribution in [0.4, 0.5) is 5.69 Å². The second-order valence-corrected chi connectivity index (χ2v) is 9.19. The molecule has 2 aromatic rings. The minimum Gasteiger partial charge on any atom is -0.366 e. The Hall–Kier alpha value is -0.870. The zero-order valence-electron chi connectivity index (χ0n) is 14.0. The molecule has 2 unspecified atom stereocenters. The Morgan fingerprint density at radius 1 is 1.16 bits per heavy atom. The summed E-state index contributed by atoms with van der Waals surface area (Å²) < 4.78 is 0. The van der Waals surface area contributed by atoms with Crippen molar-refractivity contribution in [1.29, 1.82) is 0 Å². The molecule has 5 rings (SSSR count). The van der Waals surface area contributed by atoms with Gasteiger partial charge in [0.1, 0.15) is 0 Å². The summed E-state index contributed by atoms with van der Waals surface area (Å²) >= 11 is 14.6. The molecular formula is C20H21Cl2N2S+. The van der Waals surface area contributed by atoms with Gasteiger partial charge < -0.3 is 10.2 Å². The molecule has 0 spiro atoms. The average molecular weight is 392 g/mol. The number of hydrogen-bond donors (Lipinski definition) is 1. The van der Waals surface area contributed by atoms with Gasteiger partial charge in [0.05, 0.1) is 24.7 Å². The van der Waals surface area contributed by atoms with Crippen LogP contribution < -0.4 is 10.2 Å². The predicted octanol–water partition coefficient (Wildman–Crippen LogP) is 4.40. The van der Waals surface area contributed by atoms with E-state index in [-0.39, 0.29) is 0 Å². The highest BCUT2D eigenvalue weighted by Crippen LogP contribution is 2.51. The van der Waals surface area contributed by atoms with Gasteiger partial charge in [-0.05, 0) is 47.6 Å². The molecule has 2 atom stereocenters. The summed E-state index contributed by atoms with van der Waals surface area (Å²) in [6.45, 7) is 3.66. The molecule has 2 aromatic carbocycles. The highest BCUT2D eigenvalue weighted by atomic mass is 35.5. The summed E-state index contributed by atoms with van der Waals surface area (Å²) in [5.74, 6) is 1.84.